The highest BCUT2D eigenvalue weighted by atomic mass is 16.5. The Morgan fingerprint density at radius 3 is 2.82 bits per heavy atom. The molecule has 28 heavy (non-hydrogen) atoms. The van der Waals surface area contributed by atoms with E-state index in [1.165, 1.54) is 0 Å². The number of ether oxygens (including phenoxy) is 2. The lowest BCUT2D eigenvalue weighted by molar-refractivity contribution is -0.127. The number of hydrogen-bond donors (Lipinski definition) is 2. The summed E-state index contributed by atoms with van der Waals surface area (Å²) < 4.78 is 11.1. The maximum atomic E-state index is 11.9. The molecule has 1 fully saturated rings. The van der Waals surface area contributed by atoms with Gasteiger partial charge in [0.05, 0.1) is 19.3 Å². The van der Waals surface area contributed by atoms with Crippen LogP contribution in [0.25, 0.3) is 0 Å². The normalized spacial score (nSPS) is 18.0. The van der Waals surface area contributed by atoms with Gasteiger partial charge in [0.1, 0.15) is 6.54 Å². The zero-order valence-electron chi connectivity index (χ0n) is 17.3. The first-order valence-electron chi connectivity index (χ1n) is 10.0. The minimum Gasteiger partial charge on any atom is -0.381 e. The van der Waals surface area contributed by atoms with Gasteiger partial charge < -0.3 is 25.0 Å². The molecule has 0 aliphatic carbocycles. The van der Waals surface area contributed by atoms with E-state index in [9.17, 15) is 4.79 Å². The average molecular weight is 391 g/mol. The molecule has 2 atom stereocenters. The second-order valence-corrected chi connectivity index (χ2v) is 7.31. The van der Waals surface area contributed by atoms with Crippen LogP contribution >= 0.6 is 0 Å². The van der Waals surface area contributed by atoms with Crippen LogP contribution in [0.5, 0.6) is 0 Å². The Labute approximate surface area is 168 Å². The van der Waals surface area contributed by atoms with Gasteiger partial charge in [0, 0.05) is 39.8 Å². The largest absolute Gasteiger partial charge is 0.381 e. The second-order valence-electron chi connectivity index (χ2n) is 7.31. The molecule has 0 aromatic heterocycles. The summed E-state index contributed by atoms with van der Waals surface area (Å²) in [7, 11) is 3.47. The van der Waals surface area contributed by atoms with Crippen molar-refractivity contribution in [2.24, 2.45) is 10.9 Å². The molecule has 1 saturated heterocycles. The third-order valence-corrected chi connectivity index (χ3v) is 4.66. The molecular weight excluding hydrogens is 356 g/mol. The van der Waals surface area contributed by atoms with Crippen molar-refractivity contribution < 1.29 is 14.3 Å². The molecule has 2 N–H and O–H groups in total. The third-order valence-electron chi connectivity index (χ3n) is 4.66. The summed E-state index contributed by atoms with van der Waals surface area (Å²) in [6.07, 6.45) is 1.96. The van der Waals surface area contributed by atoms with Crippen LogP contribution in [0.2, 0.25) is 0 Å². The predicted molar refractivity (Wildman–Crippen MR) is 111 cm³/mol. The quantitative estimate of drug-likeness (QED) is 0.362. The van der Waals surface area contributed by atoms with E-state index in [1.54, 1.807) is 19.0 Å². The number of carbonyl (C=O) groups is 1. The number of nitrogens with zero attached hydrogens (tertiary/aromatic N) is 2. The highest BCUT2D eigenvalue weighted by Gasteiger charge is 2.15. The molecule has 1 heterocycles. The van der Waals surface area contributed by atoms with Gasteiger partial charge in [0.2, 0.25) is 5.91 Å². The topological polar surface area (TPSA) is 75.2 Å². The van der Waals surface area contributed by atoms with E-state index >= 15 is 0 Å². The van der Waals surface area contributed by atoms with Crippen molar-refractivity contribution >= 4 is 11.9 Å². The molecule has 0 radical (unpaired) electrons. The fourth-order valence-electron chi connectivity index (χ4n) is 2.82. The Bertz CT molecular complexity index is 601. The number of rotatable bonds is 10. The maximum Gasteiger partial charge on any atom is 0.243 e. The average Bonchev–Trinajstić information content (AvgIpc) is 3.22. The van der Waals surface area contributed by atoms with Gasteiger partial charge in [-0.25, -0.2) is 4.99 Å². The van der Waals surface area contributed by atoms with Crippen molar-refractivity contribution in [3.8, 4) is 0 Å². The Kier molecular flexibility index (Phi) is 9.79. The summed E-state index contributed by atoms with van der Waals surface area (Å²) in [6, 6.07) is 10.2. The minimum absolute atomic E-state index is 0.0319. The molecule has 7 heteroatoms. The number of hydrogen-bond acceptors (Lipinski definition) is 4. The van der Waals surface area contributed by atoms with Crippen molar-refractivity contribution in [1.29, 1.82) is 0 Å². The summed E-state index contributed by atoms with van der Waals surface area (Å²) >= 11 is 0. The van der Waals surface area contributed by atoms with Crippen LogP contribution in [0.3, 0.4) is 0 Å². The van der Waals surface area contributed by atoms with E-state index in [-0.39, 0.29) is 18.5 Å². The molecule has 0 saturated carbocycles. The zero-order chi connectivity index (χ0) is 20.2. The maximum absolute atomic E-state index is 11.9. The molecule has 2 rings (SSSR count). The number of guanidine groups is 1. The Morgan fingerprint density at radius 2 is 2.14 bits per heavy atom. The molecule has 0 bridgehead atoms. The van der Waals surface area contributed by atoms with Crippen LogP contribution < -0.4 is 10.6 Å². The fraction of sp³-hybridized carbons (Fsp3) is 0.619. The lowest BCUT2D eigenvalue weighted by Gasteiger charge is -2.19. The van der Waals surface area contributed by atoms with Gasteiger partial charge in [-0.2, -0.15) is 0 Å². The molecule has 0 spiro atoms. The lowest BCUT2D eigenvalue weighted by Crippen LogP contribution is -2.40. The number of nitrogens with one attached hydrogen (secondary N) is 2. The summed E-state index contributed by atoms with van der Waals surface area (Å²) in [6.45, 7) is 6.05. The van der Waals surface area contributed by atoms with Crippen molar-refractivity contribution in [3.63, 3.8) is 0 Å². The van der Waals surface area contributed by atoms with Crippen molar-refractivity contribution in [2.45, 2.75) is 25.8 Å². The van der Waals surface area contributed by atoms with Crippen LogP contribution in [0.15, 0.2) is 35.3 Å². The van der Waals surface area contributed by atoms with Gasteiger partial charge in [-0.15, -0.1) is 0 Å². The van der Waals surface area contributed by atoms with Crippen LogP contribution in [0, 0.1) is 5.92 Å². The Hall–Kier alpha value is -2.12. The van der Waals surface area contributed by atoms with Gasteiger partial charge in [0.15, 0.2) is 5.96 Å². The third kappa shape index (κ3) is 8.27. The molecular formula is C21H34N4O3. The van der Waals surface area contributed by atoms with Gasteiger partial charge in [-0.1, -0.05) is 30.3 Å². The number of benzene rings is 1. The molecule has 1 aliphatic rings. The monoisotopic (exact) mass is 390 g/mol. The molecule has 7 nitrogen and oxygen atoms in total. The summed E-state index contributed by atoms with van der Waals surface area (Å²) in [5.74, 6) is 1.14. The van der Waals surface area contributed by atoms with Crippen LogP contribution in [-0.2, 0) is 14.3 Å². The number of carbonyl (C=O) groups excluding carboxylic acids is 1. The van der Waals surface area contributed by atoms with E-state index in [2.05, 4.69) is 34.7 Å². The standard InChI is InChI=1S/C21H34N4O3/c1-17(19-8-5-4-6-9-19)24-21(23-14-20(26)25(2)3)22-11-7-12-27-15-18-10-13-28-16-18/h4-6,8-9,17-18H,7,10-16H2,1-3H3,(H2,22,23,24). The number of likely N-dealkylation sites (N-methyl/N-ethyl adjacent to an activating group) is 1. The van der Waals surface area contributed by atoms with E-state index in [0.717, 1.165) is 44.8 Å². The summed E-state index contributed by atoms with van der Waals surface area (Å²) in [5.41, 5.74) is 1.16. The van der Waals surface area contributed by atoms with Gasteiger partial charge in [0.25, 0.3) is 0 Å². The first kappa shape index (κ1) is 22.2. The van der Waals surface area contributed by atoms with Crippen LogP contribution in [0.1, 0.15) is 31.4 Å². The zero-order valence-corrected chi connectivity index (χ0v) is 17.3. The SMILES string of the molecule is CC(NC(=NCC(=O)N(C)C)NCCCOCC1CCOC1)c1ccccc1. The smallest absolute Gasteiger partial charge is 0.243 e. The van der Waals surface area contributed by atoms with Crippen LogP contribution in [0.4, 0.5) is 0 Å². The summed E-state index contributed by atoms with van der Waals surface area (Å²) in [4.78, 5) is 17.9. The summed E-state index contributed by atoms with van der Waals surface area (Å²) in [5, 5.41) is 6.68. The van der Waals surface area contributed by atoms with E-state index in [4.69, 9.17) is 9.47 Å². The number of amides is 1. The predicted octanol–water partition coefficient (Wildman–Crippen LogP) is 1.81. The van der Waals surface area contributed by atoms with Crippen LogP contribution in [-0.4, -0.2) is 70.4 Å². The van der Waals surface area contributed by atoms with E-state index < -0.39 is 0 Å². The van der Waals surface area contributed by atoms with Crippen molar-refractivity contribution in [3.05, 3.63) is 35.9 Å². The minimum atomic E-state index is -0.0319. The number of aliphatic imine (C=N–C) groups is 1. The highest BCUT2D eigenvalue weighted by Crippen LogP contribution is 2.12. The molecule has 1 aromatic rings. The first-order chi connectivity index (χ1) is 13.6. The van der Waals surface area contributed by atoms with E-state index in [1.807, 2.05) is 18.2 Å². The lowest BCUT2D eigenvalue weighted by atomic mass is 10.1. The molecule has 1 aliphatic heterocycles. The highest BCUT2D eigenvalue weighted by molar-refractivity contribution is 5.85. The van der Waals surface area contributed by atoms with Crippen molar-refractivity contribution in [2.75, 3.05) is 53.6 Å². The first-order valence-corrected chi connectivity index (χ1v) is 10.0. The second kappa shape index (κ2) is 12.4. The van der Waals surface area contributed by atoms with E-state index in [0.29, 0.717) is 18.5 Å². The molecule has 2 unspecified atom stereocenters. The Balaban J connectivity index is 1.78. The molecule has 1 aromatic carbocycles. The van der Waals surface area contributed by atoms with Crippen molar-refractivity contribution in [1.82, 2.24) is 15.5 Å². The fourth-order valence-corrected chi connectivity index (χ4v) is 2.82. The molecule has 1 amide bonds. The van der Waals surface area contributed by atoms with Gasteiger partial charge >= 0.3 is 0 Å². The van der Waals surface area contributed by atoms with Gasteiger partial charge in [-0.05, 0) is 25.3 Å². The Morgan fingerprint density at radius 1 is 1.36 bits per heavy atom. The van der Waals surface area contributed by atoms with Gasteiger partial charge in [-0.3, -0.25) is 4.79 Å². The molecule has 156 valence electrons.